The van der Waals surface area contributed by atoms with E-state index in [2.05, 4.69) is 0 Å². The second kappa shape index (κ2) is 5.70. The van der Waals surface area contributed by atoms with E-state index in [9.17, 15) is 23.5 Å². The molecule has 1 fully saturated rings. The van der Waals surface area contributed by atoms with Gasteiger partial charge in [-0.25, -0.2) is 13.6 Å². The van der Waals surface area contributed by atoms with Crippen LogP contribution in [0.1, 0.15) is 26.3 Å². The van der Waals surface area contributed by atoms with E-state index >= 15 is 0 Å². The Kier molecular flexibility index (Phi) is 3.83. The highest BCUT2D eigenvalue weighted by atomic mass is 19.3. The third-order valence-corrected chi connectivity index (χ3v) is 3.94. The molecule has 1 aliphatic heterocycles. The van der Waals surface area contributed by atoms with Crippen molar-refractivity contribution < 1.29 is 23.5 Å². The van der Waals surface area contributed by atoms with Gasteiger partial charge >= 0.3 is 5.97 Å². The average molecular weight is 331 g/mol. The summed E-state index contributed by atoms with van der Waals surface area (Å²) in [4.78, 5) is 24.7. The van der Waals surface area contributed by atoms with Gasteiger partial charge in [0.05, 0.1) is 18.7 Å². The molecule has 0 saturated carbocycles. The molecule has 1 heterocycles. The van der Waals surface area contributed by atoms with Gasteiger partial charge in [0.25, 0.3) is 11.8 Å². The van der Waals surface area contributed by atoms with Gasteiger partial charge in [-0.15, -0.1) is 0 Å². The number of carboxylic acids is 1. The van der Waals surface area contributed by atoms with Crippen LogP contribution < -0.4 is 0 Å². The van der Waals surface area contributed by atoms with Gasteiger partial charge in [-0.3, -0.25) is 4.79 Å². The summed E-state index contributed by atoms with van der Waals surface area (Å²) >= 11 is 0. The van der Waals surface area contributed by atoms with Crippen LogP contribution in [0.3, 0.4) is 0 Å². The largest absolute Gasteiger partial charge is 0.478 e. The Morgan fingerprint density at radius 1 is 1.00 bits per heavy atom. The number of hydrogen-bond donors (Lipinski definition) is 1. The Bertz CT molecular complexity index is 808. The molecule has 0 spiro atoms. The molecule has 124 valence electrons. The maximum atomic E-state index is 13.0. The van der Waals surface area contributed by atoms with Crippen molar-refractivity contribution in [3.05, 3.63) is 59.2 Å². The van der Waals surface area contributed by atoms with E-state index in [1.54, 1.807) is 0 Å². The third-order valence-electron chi connectivity index (χ3n) is 3.94. The van der Waals surface area contributed by atoms with E-state index < -0.39 is 30.9 Å². The predicted molar refractivity (Wildman–Crippen MR) is 84.4 cm³/mol. The molecule has 2 aromatic carbocycles. The smallest absolute Gasteiger partial charge is 0.335 e. The highest BCUT2D eigenvalue weighted by Gasteiger charge is 2.46. The van der Waals surface area contributed by atoms with E-state index in [0.717, 1.165) is 16.0 Å². The number of likely N-dealkylation sites (tertiary alicyclic amines) is 1. The normalized spacial score (nSPS) is 15.7. The molecule has 0 aromatic heterocycles. The van der Waals surface area contributed by atoms with Crippen molar-refractivity contribution in [1.29, 1.82) is 0 Å². The van der Waals surface area contributed by atoms with Gasteiger partial charge in [-0.1, -0.05) is 29.8 Å². The molecule has 0 aliphatic carbocycles. The molecule has 0 unspecified atom stereocenters. The van der Waals surface area contributed by atoms with Crippen molar-refractivity contribution in [3.63, 3.8) is 0 Å². The molecule has 1 amide bonds. The zero-order valence-electron chi connectivity index (χ0n) is 12.9. The van der Waals surface area contributed by atoms with Crippen molar-refractivity contribution >= 4 is 11.9 Å². The van der Waals surface area contributed by atoms with E-state index in [-0.39, 0.29) is 11.1 Å². The van der Waals surface area contributed by atoms with E-state index in [1.807, 2.05) is 31.2 Å². The molecule has 0 radical (unpaired) electrons. The number of aryl methyl sites for hydroxylation is 1. The Morgan fingerprint density at radius 3 is 2.12 bits per heavy atom. The van der Waals surface area contributed by atoms with Crippen molar-refractivity contribution in [3.8, 4) is 11.1 Å². The minimum atomic E-state index is -2.86. The van der Waals surface area contributed by atoms with Gasteiger partial charge in [0.2, 0.25) is 0 Å². The van der Waals surface area contributed by atoms with Gasteiger partial charge < -0.3 is 10.0 Å². The molecule has 0 atom stereocenters. The van der Waals surface area contributed by atoms with Gasteiger partial charge in [-0.05, 0) is 36.2 Å². The zero-order chi connectivity index (χ0) is 17.5. The minimum Gasteiger partial charge on any atom is -0.478 e. The lowest BCUT2D eigenvalue weighted by Crippen LogP contribution is -2.58. The first kappa shape index (κ1) is 16.1. The fourth-order valence-electron chi connectivity index (χ4n) is 2.63. The molecular weight excluding hydrogens is 316 g/mol. The number of halogens is 2. The van der Waals surface area contributed by atoms with Gasteiger partial charge in [0.15, 0.2) is 0 Å². The van der Waals surface area contributed by atoms with E-state index in [1.165, 1.54) is 18.2 Å². The molecule has 6 heteroatoms. The third kappa shape index (κ3) is 3.13. The number of alkyl halides is 2. The average Bonchev–Trinajstić information content (AvgIpc) is 2.52. The fourth-order valence-corrected chi connectivity index (χ4v) is 2.63. The van der Waals surface area contributed by atoms with Crippen LogP contribution in [0.4, 0.5) is 8.78 Å². The van der Waals surface area contributed by atoms with Crippen LogP contribution in [0.25, 0.3) is 11.1 Å². The number of carboxylic acid groups (broad SMARTS) is 1. The van der Waals surface area contributed by atoms with Gasteiger partial charge in [0.1, 0.15) is 0 Å². The second-order valence-corrected chi connectivity index (χ2v) is 5.99. The lowest BCUT2D eigenvalue weighted by atomic mass is 9.97. The molecule has 1 saturated heterocycles. The minimum absolute atomic E-state index is 0.0521. The van der Waals surface area contributed by atoms with E-state index in [4.69, 9.17) is 0 Å². The monoisotopic (exact) mass is 331 g/mol. The van der Waals surface area contributed by atoms with Crippen LogP contribution in [0, 0.1) is 6.92 Å². The summed E-state index contributed by atoms with van der Waals surface area (Å²) in [6.45, 7) is 0.655. The summed E-state index contributed by atoms with van der Waals surface area (Å²) in [6, 6.07) is 11.6. The quantitative estimate of drug-likeness (QED) is 0.937. The zero-order valence-corrected chi connectivity index (χ0v) is 12.9. The maximum Gasteiger partial charge on any atom is 0.335 e. The number of aromatic carboxylic acids is 1. The lowest BCUT2D eigenvalue weighted by Gasteiger charge is -2.38. The standard InChI is InChI=1S/C18H15F2NO3/c1-11-2-4-12(5-3-11)13-6-14(8-15(7-13)17(23)24)16(22)21-9-18(19,20)10-21/h2-8H,9-10H2,1H3,(H,23,24). The number of nitrogens with zero attached hydrogens (tertiary/aromatic N) is 1. The molecule has 24 heavy (non-hydrogen) atoms. The topological polar surface area (TPSA) is 57.6 Å². The number of hydrogen-bond acceptors (Lipinski definition) is 2. The number of rotatable bonds is 3. The summed E-state index contributed by atoms with van der Waals surface area (Å²) in [5.74, 6) is -4.62. The molecule has 2 aromatic rings. The van der Waals surface area contributed by atoms with Crippen molar-refractivity contribution in [2.45, 2.75) is 12.8 Å². The summed E-state index contributed by atoms with van der Waals surface area (Å²) in [7, 11) is 0. The maximum absolute atomic E-state index is 13.0. The van der Waals surface area contributed by atoms with Crippen molar-refractivity contribution in [1.82, 2.24) is 4.90 Å². The Balaban J connectivity index is 1.99. The first-order chi connectivity index (χ1) is 11.2. The first-order valence-corrected chi connectivity index (χ1v) is 7.38. The molecule has 1 aliphatic rings. The Morgan fingerprint density at radius 2 is 1.58 bits per heavy atom. The second-order valence-electron chi connectivity index (χ2n) is 5.99. The number of amides is 1. The predicted octanol–water partition coefficient (Wildman–Crippen LogP) is 3.45. The summed E-state index contributed by atoms with van der Waals surface area (Å²) in [5.41, 5.74) is 2.41. The van der Waals surface area contributed by atoms with Gasteiger partial charge in [0, 0.05) is 5.56 Å². The first-order valence-electron chi connectivity index (χ1n) is 7.38. The van der Waals surface area contributed by atoms with Crippen molar-refractivity contribution in [2.75, 3.05) is 13.1 Å². The number of carbonyl (C=O) groups excluding carboxylic acids is 1. The number of benzene rings is 2. The Labute approximate surface area is 137 Å². The summed E-state index contributed by atoms with van der Waals surface area (Å²) < 4.78 is 25.9. The van der Waals surface area contributed by atoms with Crippen LogP contribution in [-0.4, -0.2) is 40.9 Å². The lowest BCUT2D eigenvalue weighted by molar-refractivity contribution is -0.113. The highest BCUT2D eigenvalue weighted by molar-refractivity contribution is 5.99. The van der Waals surface area contributed by atoms with Crippen LogP contribution >= 0.6 is 0 Å². The SMILES string of the molecule is Cc1ccc(-c2cc(C(=O)O)cc(C(=O)N3CC(F)(F)C3)c2)cc1. The van der Waals surface area contributed by atoms with E-state index in [0.29, 0.717) is 5.56 Å². The Hall–Kier alpha value is -2.76. The molecule has 4 nitrogen and oxygen atoms in total. The highest BCUT2D eigenvalue weighted by Crippen LogP contribution is 2.30. The summed E-state index contributed by atoms with van der Waals surface area (Å²) in [6.07, 6.45) is 0. The van der Waals surface area contributed by atoms with Crippen LogP contribution in [0.15, 0.2) is 42.5 Å². The van der Waals surface area contributed by atoms with Crippen LogP contribution in [0.5, 0.6) is 0 Å². The molecular formula is C18H15F2NO3. The molecule has 0 bridgehead atoms. The molecule has 3 rings (SSSR count). The van der Waals surface area contributed by atoms with Crippen LogP contribution in [0.2, 0.25) is 0 Å². The summed E-state index contributed by atoms with van der Waals surface area (Å²) in [5, 5.41) is 9.25. The molecule has 1 N–H and O–H groups in total. The fraction of sp³-hybridized carbons (Fsp3) is 0.222. The van der Waals surface area contributed by atoms with Crippen molar-refractivity contribution in [2.24, 2.45) is 0 Å². The number of carbonyl (C=O) groups is 2. The van der Waals surface area contributed by atoms with Crippen LogP contribution in [-0.2, 0) is 0 Å². The van der Waals surface area contributed by atoms with Gasteiger partial charge in [-0.2, -0.15) is 0 Å².